The van der Waals surface area contributed by atoms with E-state index in [0.29, 0.717) is 12.0 Å². The fourth-order valence-corrected chi connectivity index (χ4v) is 3.30. The third-order valence-corrected chi connectivity index (χ3v) is 4.64. The van der Waals surface area contributed by atoms with Crippen LogP contribution < -0.4 is 5.32 Å². The quantitative estimate of drug-likeness (QED) is 0.817. The van der Waals surface area contributed by atoms with Crippen molar-refractivity contribution in [3.05, 3.63) is 34.3 Å². The Hall–Kier alpha value is -0.350. The Kier molecular flexibility index (Phi) is 4.62. The molecule has 1 amide bonds. The highest BCUT2D eigenvalue weighted by molar-refractivity contribution is 9.10. The summed E-state index contributed by atoms with van der Waals surface area (Å²) in [6, 6.07) is 7.80. The van der Waals surface area contributed by atoms with Gasteiger partial charge in [-0.3, -0.25) is 4.79 Å². The molecule has 0 aromatic heterocycles. The Morgan fingerprint density at radius 3 is 2.65 bits per heavy atom. The molecule has 1 fully saturated rings. The van der Waals surface area contributed by atoms with E-state index >= 15 is 0 Å². The smallest absolute Gasteiger partial charge is 0.251 e. The van der Waals surface area contributed by atoms with Gasteiger partial charge >= 0.3 is 0 Å². The monoisotopic (exact) mass is 359 g/mol. The summed E-state index contributed by atoms with van der Waals surface area (Å²) in [5, 5.41) is 4.10. The minimum atomic E-state index is 0.0374. The maximum Gasteiger partial charge on any atom is 0.251 e. The van der Waals surface area contributed by atoms with Crippen LogP contribution in [0.4, 0.5) is 0 Å². The summed E-state index contributed by atoms with van der Waals surface area (Å²) in [5.41, 5.74) is 0.730. The molecule has 0 heterocycles. The molecule has 0 saturated heterocycles. The van der Waals surface area contributed by atoms with Gasteiger partial charge in [0.05, 0.1) is 0 Å². The number of nitrogens with one attached hydrogen (secondary N) is 1. The molecule has 0 spiro atoms. The largest absolute Gasteiger partial charge is 0.349 e. The normalized spacial score (nSPS) is 23.6. The summed E-state index contributed by atoms with van der Waals surface area (Å²) in [7, 11) is 0. The number of alkyl halides is 1. The second-order valence-electron chi connectivity index (χ2n) is 4.43. The van der Waals surface area contributed by atoms with Gasteiger partial charge in [0.1, 0.15) is 0 Å². The van der Waals surface area contributed by atoms with Gasteiger partial charge in [0, 0.05) is 21.4 Å². The van der Waals surface area contributed by atoms with Crippen LogP contribution in [-0.2, 0) is 0 Å². The molecule has 4 heteroatoms. The predicted octanol–water partition coefficient (Wildman–Crippen LogP) is 3.74. The van der Waals surface area contributed by atoms with E-state index < -0.39 is 0 Å². The average molecular weight is 361 g/mol. The molecule has 2 unspecified atom stereocenters. The highest BCUT2D eigenvalue weighted by Crippen LogP contribution is 2.27. The third kappa shape index (κ3) is 3.32. The van der Waals surface area contributed by atoms with Crippen molar-refractivity contribution < 1.29 is 4.79 Å². The Morgan fingerprint density at radius 1 is 1.29 bits per heavy atom. The first-order valence-corrected chi connectivity index (χ1v) is 7.74. The van der Waals surface area contributed by atoms with E-state index in [-0.39, 0.29) is 5.91 Å². The summed E-state index contributed by atoms with van der Waals surface area (Å²) in [5.74, 6) is 0.616. The lowest BCUT2D eigenvalue weighted by molar-refractivity contribution is 0.0930. The van der Waals surface area contributed by atoms with Crippen molar-refractivity contribution >= 4 is 37.8 Å². The van der Waals surface area contributed by atoms with Crippen LogP contribution in [0.15, 0.2) is 28.7 Å². The van der Waals surface area contributed by atoms with Crippen molar-refractivity contribution in [3.63, 3.8) is 0 Å². The minimum Gasteiger partial charge on any atom is -0.349 e. The van der Waals surface area contributed by atoms with Crippen molar-refractivity contribution in [2.24, 2.45) is 5.92 Å². The van der Waals surface area contributed by atoms with E-state index in [1.807, 2.05) is 24.3 Å². The standard InChI is InChI=1S/C13H15Br2NO/c14-8-10-2-1-3-12(10)16-13(17)9-4-6-11(15)7-5-9/h4-7,10,12H,1-3,8H2,(H,16,17). The molecule has 1 aromatic rings. The summed E-state index contributed by atoms with van der Waals surface area (Å²) in [6.07, 6.45) is 3.51. The lowest BCUT2D eigenvalue weighted by atomic mass is 10.1. The molecule has 17 heavy (non-hydrogen) atoms. The first-order chi connectivity index (χ1) is 8.20. The number of rotatable bonds is 3. The van der Waals surface area contributed by atoms with Gasteiger partial charge < -0.3 is 5.32 Å². The maximum atomic E-state index is 12.0. The third-order valence-electron chi connectivity index (χ3n) is 3.28. The second kappa shape index (κ2) is 6.01. The van der Waals surface area contributed by atoms with Gasteiger partial charge in [0.2, 0.25) is 0 Å². The number of benzene rings is 1. The fraction of sp³-hybridized carbons (Fsp3) is 0.462. The minimum absolute atomic E-state index is 0.0374. The van der Waals surface area contributed by atoms with Crippen LogP contribution in [0.3, 0.4) is 0 Å². The molecular formula is C13H15Br2NO. The van der Waals surface area contributed by atoms with Crippen molar-refractivity contribution in [2.75, 3.05) is 5.33 Å². The van der Waals surface area contributed by atoms with Crippen LogP contribution in [0.2, 0.25) is 0 Å². The van der Waals surface area contributed by atoms with E-state index in [0.717, 1.165) is 21.8 Å². The van der Waals surface area contributed by atoms with E-state index in [2.05, 4.69) is 37.2 Å². The molecule has 1 aliphatic rings. The van der Waals surface area contributed by atoms with E-state index in [1.165, 1.54) is 12.8 Å². The van der Waals surface area contributed by atoms with Crippen LogP contribution in [-0.4, -0.2) is 17.3 Å². The van der Waals surface area contributed by atoms with Gasteiger partial charge in [0.25, 0.3) is 5.91 Å². The SMILES string of the molecule is O=C(NC1CCCC1CBr)c1ccc(Br)cc1. The van der Waals surface area contributed by atoms with E-state index in [4.69, 9.17) is 0 Å². The van der Waals surface area contributed by atoms with Gasteiger partial charge in [-0.15, -0.1) is 0 Å². The fourth-order valence-electron chi connectivity index (χ4n) is 2.26. The van der Waals surface area contributed by atoms with E-state index in [9.17, 15) is 4.79 Å². The van der Waals surface area contributed by atoms with Gasteiger partial charge in [-0.2, -0.15) is 0 Å². The van der Waals surface area contributed by atoms with Crippen LogP contribution in [0.25, 0.3) is 0 Å². The summed E-state index contributed by atoms with van der Waals surface area (Å²) < 4.78 is 0.994. The zero-order chi connectivity index (χ0) is 12.3. The van der Waals surface area contributed by atoms with E-state index in [1.54, 1.807) is 0 Å². The maximum absolute atomic E-state index is 12.0. The van der Waals surface area contributed by atoms with Crippen molar-refractivity contribution in [1.29, 1.82) is 0 Å². The van der Waals surface area contributed by atoms with Crippen LogP contribution in [0.5, 0.6) is 0 Å². The van der Waals surface area contributed by atoms with Crippen LogP contribution in [0.1, 0.15) is 29.6 Å². The number of carbonyl (C=O) groups excluding carboxylic acids is 1. The Labute approximate surface area is 118 Å². The number of amides is 1. The molecule has 1 N–H and O–H groups in total. The number of hydrogen-bond donors (Lipinski definition) is 1. The van der Waals surface area contributed by atoms with Crippen LogP contribution >= 0.6 is 31.9 Å². The zero-order valence-electron chi connectivity index (χ0n) is 9.46. The van der Waals surface area contributed by atoms with Crippen molar-refractivity contribution in [3.8, 4) is 0 Å². The molecule has 0 aliphatic heterocycles. The average Bonchev–Trinajstić information content (AvgIpc) is 2.77. The molecule has 2 atom stereocenters. The second-order valence-corrected chi connectivity index (χ2v) is 6.00. The number of carbonyl (C=O) groups is 1. The Bertz CT molecular complexity index is 391. The van der Waals surface area contributed by atoms with Crippen molar-refractivity contribution in [2.45, 2.75) is 25.3 Å². The molecule has 1 aromatic carbocycles. The summed E-state index contributed by atoms with van der Waals surface area (Å²) in [4.78, 5) is 12.0. The number of halogens is 2. The number of hydrogen-bond acceptors (Lipinski definition) is 1. The molecule has 2 nitrogen and oxygen atoms in total. The van der Waals surface area contributed by atoms with Gasteiger partial charge in [-0.1, -0.05) is 38.3 Å². The van der Waals surface area contributed by atoms with Crippen LogP contribution in [0, 0.1) is 5.92 Å². The summed E-state index contributed by atoms with van der Waals surface area (Å²) in [6.45, 7) is 0. The van der Waals surface area contributed by atoms with Gasteiger partial charge in [0.15, 0.2) is 0 Å². The lowest BCUT2D eigenvalue weighted by Gasteiger charge is -2.19. The first kappa shape index (κ1) is 13.1. The molecule has 2 rings (SSSR count). The van der Waals surface area contributed by atoms with Crippen molar-refractivity contribution in [1.82, 2.24) is 5.32 Å². The zero-order valence-corrected chi connectivity index (χ0v) is 12.6. The van der Waals surface area contributed by atoms with Gasteiger partial charge in [-0.25, -0.2) is 0 Å². The molecule has 0 bridgehead atoms. The molecule has 92 valence electrons. The molecular weight excluding hydrogens is 346 g/mol. The molecule has 0 radical (unpaired) electrons. The molecule has 1 saturated carbocycles. The Morgan fingerprint density at radius 2 is 2.00 bits per heavy atom. The highest BCUT2D eigenvalue weighted by Gasteiger charge is 2.27. The van der Waals surface area contributed by atoms with Gasteiger partial charge in [-0.05, 0) is 43.0 Å². The topological polar surface area (TPSA) is 29.1 Å². The Balaban J connectivity index is 1.99. The molecule has 1 aliphatic carbocycles. The predicted molar refractivity (Wildman–Crippen MR) is 76.5 cm³/mol. The first-order valence-electron chi connectivity index (χ1n) is 5.83. The lowest BCUT2D eigenvalue weighted by Crippen LogP contribution is -2.37. The summed E-state index contributed by atoms with van der Waals surface area (Å²) >= 11 is 6.88. The highest BCUT2D eigenvalue weighted by atomic mass is 79.9.